The molecule has 1 amide bonds. The van der Waals surface area contributed by atoms with E-state index in [9.17, 15) is 4.79 Å². The van der Waals surface area contributed by atoms with E-state index >= 15 is 0 Å². The molecule has 0 aliphatic heterocycles. The van der Waals surface area contributed by atoms with Gasteiger partial charge in [-0.05, 0) is 56.0 Å². The van der Waals surface area contributed by atoms with E-state index in [1.54, 1.807) is 14.2 Å². The number of hydrogen-bond acceptors (Lipinski definition) is 6. The summed E-state index contributed by atoms with van der Waals surface area (Å²) in [7, 11) is 3.29. The maximum absolute atomic E-state index is 12.1. The average Bonchev–Trinajstić information content (AvgIpc) is 2.91. The number of aromatic nitrogens is 1. The Balaban J connectivity index is 0.00000481. The second-order valence-electron chi connectivity index (χ2n) is 8.66. The van der Waals surface area contributed by atoms with Gasteiger partial charge in [-0.1, -0.05) is 29.8 Å². The van der Waals surface area contributed by atoms with Crippen LogP contribution in [0.2, 0.25) is 0 Å². The molecule has 0 radical (unpaired) electrons. The van der Waals surface area contributed by atoms with Crippen molar-refractivity contribution in [3.05, 3.63) is 83.2 Å². The first-order valence-electron chi connectivity index (χ1n) is 12.4. The lowest BCUT2D eigenvalue weighted by Gasteiger charge is -2.16. The van der Waals surface area contributed by atoms with Crippen LogP contribution in [0.5, 0.6) is 17.2 Å². The number of ether oxygens (including phenoxy) is 3. The fourth-order valence-electron chi connectivity index (χ4n) is 3.79. The van der Waals surface area contributed by atoms with Crippen LogP contribution in [0.4, 0.5) is 0 Å². The third kappa shape index (κ3) is 10.4. The minimum absolute atomic E-state index is 0. The highest BCUT2D eigenvalue weighted by atomic mass is 31.0. The van der Waals surface area contributed by atoms with Crippen LogP contribution in [0.3, 0.4) is 0 Å². The predicted octanol–water partition coefficient (Wildman–Crippen LogP) is 4.66. The molecule has 1 unspecified atom stereocenters. The van der Waals surface area contributed by atoms with Crippen LogP contribution >= 0.6 is 9.90 Å². The molecule has 1 atom stereocenters. The number of amides is 1. The molecule has 0 aliphatic rings. The molecule has 1 aromatic heterocycles. The lowest BCUT2D eigenvalue weighted by molar-refractivity contribution is -0.121. The van der Waals surface area contributed by atoms with Gasteiger partial charge in [-0.15, -0.1) is 0 Å². The molecular formula is C29H40N3O4P. The van der Waals surface area contributed by atoms with Gasteiger partial charge in [0.2, 0.25) is 5.91 Å². The number of nitrogens with one attached hydrogen (secondary N) is 2. The van der Waals surface area contributed by atoms with Gasteiger partial charge in [0.15, 0.2) is 0 Å². The predicted molar refractivity (Wildman–Crippen MR) is 153 cm³/mol. The zero-order valence-corrected chi connectivity index (χ0v) is 23.6. The number of unbranched alkanes of at least 4 members (excludes halogenated alkanes) is 1. The highest BCUT2D eigenvalue weighted by Crippen LogP contribution is 2.34. The first kappa shape index (κ1) is 30.1. The summed E-state index contributed by atoms with van der Waals surface area (Å²) in [6.07, 6.45) is 6.54. The highest BCUT2D eigenvalue weighted by molar-refractivity contribution is 6.92. The van der Waals surface area contributed by atoms with E-state index in [4.69, 9.17) is 14.2 Å². The van der Waals surface area contributed by atoms with Gasteiger partial charge in [-0.2, -0.15) is 9.90 Å². The largest absolute Gasteiger partial charge is 0.496 e. The zero-order chi connectivity index (χ0) is 25.6. The van der Waals surface area contributed by atoms with Crippen LogP contribution in [0.1, 0.15) is 41.5 Å². The van der Waals surface area contributed by atoms with Crippen LogP contribution in [-0.4, -0.2) is 38.3 Å². The van der Waals surface area contributed by atoms with Crippen molar-refractivity contribution >= 4 is 15.8 Å². The summed E-state index contributed by atoms with van der Waals surface area (Å²) < 4.78 is 17.2. The van der Waals surface area contributed by atoms with Crippen LogP contribution in [0.15, 0.2) is 60.9 Å². The van der Waals surface area contributed by atoms with Crippen molar-refractivity contribution < 1.29 is 19.0 Å². The van der Waals surface area contributed by atoms with Crippen LogP contribution < -0.4 is 24.8 Å². The number of hydrogen-bond donors (Lipinski definition) is 2. The number of benzene rings is 2. The smallest absolute Gasteiger partial charge is 0.220 e. The molecule has 1 heterocycles. The molecule has 2 N–H and O–H groups in total. The van der Waals surface area contributed by atoms with Crippen molar-refractivity contribution in [1.82, 2.24) is 15.6 Å². The summed E-state index contributed by atoms with van der Waals surface area (Å²) in [6, 6.07) is 16.0. The van der Waals surface area contributed by atoms with Gasteiger partial charge in [0.25, 0.3) is 0 Å². The summed E-state index contributed by atoms with van der Waals surface area (Å²) in [6.45, 7) is 4.57. The van der Waals surface area contributed by atoms with Crippen molar-refractivity contribution in [2.45, 2.75) is 45.7 Å². The van der Waals surface area contributed by atoms with E-state index < -0.39 is 0 Å². The number of aryl methyl sites for hydroxylation is 1. The Morgan fingerprint density at radius 2 is 1.57 bits per heavy atom. The Morgan fingerprint density at radius 1 is 0.892 bits per heavy atom. The number of pyridine rings is 1. The Bertz CT molecular complexity index is 1050. The molecular weight excluding hydrogens is 485 g/mol. The van der Waals surface area contributed by atoms with Crippen LogP contribution in [-0.2, 0) is 24.3 Å². The Kier molecular flexibility index (Phi) is 13.5. The summed E-state index contributed by atoms with van der Waals surface area (Å²) in [5.74, 6) is 2.18. The van der Waals surface area contributed by atoms with Crippen molar-refractivity contribution in [3.63, 3.8) is 0 Å². The van der Waals surface area contributed by atoms with Gasteiger partial charge in [0.1, 0.15) is 17.2 Å². The summed E-state index contributed by atoms with van der Waals surface area (Å²) in [5, 5.41) is 6.43. The lowest BCUT2D eigenvalue weighted by Crippen LogP contribution is -2.22. The number of rotatable bonds is 15. The van der Waals surface area contributed by atoms with Gasteiger partial charge < -0.3 is 24.8 Å². The van der Waals surface area contributed by atoms with E-state index in [1.807, 2.05) is 48.8 Å². The topological polar surface area (TPSA) is 81.7 Å². The molecule has 0 saturated carbocycles. The Hall–Kier alpha value is -3.15. The van der Waals surface area contributed by atoms with Crippen molar-refractivity contribution in [1.29, 1.82) is 0 Å². The summed E-state index contributed by atoms with van der Waals surface area (Å²) in [4.78, 5) is 16.2. The van der Waals surface area contributed by atoms with Crippen molar-refractivity contribution in [2.24, 2.45) is 0 Å². The van der Waals surface area contributed by atoms with Crippen molar-refractivity contribution in [3.8, 4) is 17.2 Å². The second kappa shape index (κ2) is 16.6. The zero-order valence-electron chi connectivity index (χ0n) is 22.2. The average molecular weight is 526 g/mol. The van der Waals surface area contributed by atoms with E-state index in [-0.39, 0.29) is 15.8 Å². The molecule has 0 aliphatic carbocycles. The monoisotopic (exact) mass is 525 g/mol. The van der Waals surface area contributed by atoms with Crippen molar-refractivity contribution in [2.75, 3.05) is 27.4 Å². The SMILES string of the molecule is COc1cc(OCCCCC(=O)NCc2ccc(C)cc2)cc(OC)c1CNCCc1ccncc1.P. The molecule has 0 fully saturated rings. The molecule has 200 valence electrons. The van der Waals surface area contributed by atoms with Crippen LogP contribution in [0.25, 0.3) is 0 Å². The van der Waals surface area contributed by atoms with E-state index in [1.165, 1.54) is 11.1 Å². The molecule has 2 aromatic carbocycles. The molecule has 37 heavy (non-hydrogen) atoms. The van der Waals surface area contributed by atoms with Gasteiger partial charge in [0, 0.05) is 44.0 Å². The highest BCUT2D eigenvalue weighted by Gasteiger charge is 2.13. The Labute approximate surface area is 223 Å². The molecule has 0 spiro atoms. The maximum atomic E-state index is 12.1. The third-order valence-corrected chi connectivity index (χ3v) is 5.90. The van der Waals surface area contributed by atoms with E-state index in [0.717, 1.165) is 48.4 Å². The van der Waals surface area contributed by atoms with E-state index in [0.29, 0.717) is 31.9 Å². The minimum atomic E-state index is 0. The Morgan fingerprint density at radius 3 is 2.22 bits per heavy atom. The minimum Gasteiger partial charge on any atom is -0.496 e. The number of carbonyl (C=O) groups excluding carboxylic acids is 1. The number of nitrogens with zero attached hydrogens (tertiary/aromatic N) is 1. The number of methoxy groups -OCH3 is 2. The quantitative estimate of drug-likeness (QED) is 0.222. The first-order valence-corrected chi connectivity index (χ1v) is 12.4. The first-order chi connectivity index (χ1) is 17.6. The number of carbonyl (C=O) groups is 1. The standard InChI is InChI=1S/C29H37N3O4.H3P/c1-22-7-9-24(10-8-22)20-32-29(33)6-4-5-17-36-25-18-27(34-2)26(28(19-25)35-3)21-31-16-13-23-11-14-30-15-12-23;/h7-12,14-15,18-19,31H,4-6,13,16-17,20-21H2,1-3H3,(H,32,33);1H3. The fourth-order valence-corrected chi connectivity index (χ4v) is 3.79. The molecule has 0 saturated heterocycles. The molecule has 7 nitrogen and oxygen atoms in total. The molecule has 0 bridgehead atoms. The normalized spacial score (nSPS) is 10.4. The summed E-state index contributed by atoms with van der Waals surface area (Å²) in [5.41, 5.74) is 4.51. The van der Waals surface area contributed by atoms with E-state index in [2.05, 4.69) is 34.7 Å². The van der Waals surface area contributed by atoms with Gasteiger partial charge in [0.05, 0.1) is 26.4 Å². The third-order valence-electron chi connectivity index (χ3n) is 5.90. The lowest BCUT2D eigenvalue weighted by atomic mass is 10.1. The van der Waals surface area contributed by atoms with Gasteiger partial charge >= 0.3 is 0 Å². The van der Waals surface area contributed by atoms with Crippen LogP contribution in [0, 0.1) is 6.92 Å². The van der Waals surface area contributed by atoms with Gasteiger partial charge in [-0.3, -0.25) is 9.78 Å². The van der Waals surface area contributed by atoms with Gasteiger partial charge in [-0.25, -0.2) is 0 Å². The second-order valence-corrected chi connectivity index (χ2v) is 8.66. The molecule has 3 rings (SSSR count). The summed E-state index contributed by atoms with van der Waals surface area (Å²) >= 11 is 0. The molecule has 3 aromatic rings. The maximum Gasteiger partial charge on any atom is 0.220 e. The fraction of sp³-hybridized carbons (Fsp3) is 0.379. The molecule has 8 heteroatoms.